The lowest BCUT2D eigenvalue weighted by molar-refractivity contribution is -0.160. The smallest absolute Gasteiger partial charge is 0.398 e. The summed E-state index contributed by atoms with van der Waals surface area (Å²) in [5.74, 6) is -3.17. The zero-order valence-electron chi connectivity index (χ0n) is 24.0. The summed E-state index contributed by atoms with van der Waals surface area (Å²) in [7, 11) is 0. The van der Waals surface area contributed by atoms with Crippen molar-refractivity contribution in [2.24, 2.45) is 23.7 Å². The number of hydrogen-bond acceptors (Lipinski definition) is 5. The third-order valence-corrected chi connectivity index (χ3v) is 10.4. The molecule has 7 nitrogen and oxygen atoms in total. The van der Waals surface area contributed by atoms with Crippen LogP contribution in [0.2, 0.25) is 5.02 Å². The Morgan fingerprint density at radius 3 is 2.37 bits per heavy atom. The molecule has 1 aromatic carbocycles. The van der Waals surface area contributed by atoms with E-state index in [4.69, 9.17) is 16.7 Å². The zero-order valence-corrected chi connectivity index (χ0v) is 24.8. The highest BCUT2D eigenvalue weighted by Gasteiger charge is 2.65. The Morgan fingerprint density at radius 2 is 1.79 bits per heavy atom. The highest BCUT2D eigenvalue weighted by molar-refractivity contribution is 6.34. The van der Waals surface area contributed by atoms with Crippen LogP contribution >= 0.6 is 11.6 Å². The van der Waals surface area contributed by atoms with Crippen LogP contribution in [0.4, 0.5) is 13.2 Å². The number of hydrogen-bond donors (Lipinski definition) is 2. The molecule has 43 heavy (non-hydrogen) atoms. The van der Waals surface area contributed by atoms with Gasteiger partial charge in [0.25, 0.3) is 5.91 Å². The summed E-state index contributed by atoms with van der Waals surface area (Å²) < 4.78 is 43.8. The minimum Gasteiger partial charge on any atom is -0.481 e. The van der Waals surface area contributed by atoms with Gasteiger partial charge in [-0.1, -0.05) is 36.7 Å². The lowest BCUT2D eigenvalue weighted by Gasteiger charge is -2.41. The van der Waals surface area contributed by atoms with Gasteiger partial charge in [-0.05, 0) is 87.8 Å². The normalized spacial score (nSPS) is 29.7. The number of aliphatic hydroxyl groups is 1. The largest absolute Gasteiger partial charge is 0.481 e. The highest BCUT2D eigenvalue weighted by atomic mass is 35.5. The molecule has 0 bridgehead atoms. The summed E-state index contributed by atoms with van der Waals surface area (Å²) in [5, 5.41) is 24.4. The molecule has 1 aromatic heterocycles. The number of carbonyl (C=O) groups excluding carboxylic acids is 2. The minimum absolute atomic E-state index is 0.0150. The van der Waals surface area contributed by atoms with Crippen molar-refractivity contribution >= 4 is 34.8 Å². The van der Waals surface area contributed by atoms with Gasteiger partial charge >= 0.3 is 12.1 Å². The molecule has 0 spiro atoms. The van der Waals surface area contributed by atoms with Crippen molar-refractivity contribution in [3.63, 3.8) is 0 Å². The number of alkyl halides is 3. The Morgan fingerprint density at radius 1 is 1.09 bits per heavy atom. The van der Waals surface area contributed by atoms with E-state index in [9.17, 15) is 37.8 Å². The summed E-state index contributed by atoms with van der Waals surface area (Å²) in [4.78, 5) is 39.4. The van der Waals surface area contributed by atoms with Gasteiger partial charge in [0.2, 0.25) is 0 Å². The van der Waals surface area contributed by atoms with Gasteiger partial charge in [-0.25, -0.2) is 0 Å². The van der Waals surface area contributed by atoms with Gasteiger partial charge < -0.3 is 10.2 Å². The number of aliphatic carboxylic acids is 1. The molecule has 0 amide bonds. The van der Waals surface area contributed by atoms with E-state index >= 15 is 0 Å². The molecular formula is C32H34ClF3N2O5. The van der Waals surface area contributed by atoms with Crippen LogP contribution in [0.25, 0.3) is 5.57 Å². The molecule has 4 aliphatic carbocycles. The van der Waals surface area contributed by atoms with Crippen LogP contribution < -0.4 is 0 Å². The van der Waals surface area contributed by atoms with E-state index in [0.717, 1.165) is 15.8 Å². The maximum Gasteiger partial charge on any atom is 0.398 e. The quantitative estimate of drug-likeness (QED) is 0.401. The fourth-order valence-electron chi connectivity index (χ4n) is 7.53. The number of ketones is 1. The number of carboxylic acids is 1. The van der Waals surface area contributed by atoms with Crippen molar-refractivity contribution in [3.05, 3.63) is 57.4 Å². The average Bonchev–Trinajstić information content (AvgIpc) is 3.66. The second-order valence-electron chi connectivity index (χ2n) is 13.2. The molecule has 1 unspecified atom stereocenters. The molecule has 0 saturated heterocycles. The van der Waals surface area contributed by atoms with E-state index in [1.165, 1.54) is 18.2 Å². The van der Waals surface area contributed by atoms with Gasteiger partial charge in [0.1, 0.15) is 5.78 Å². The van der Waals surface area contributed by atoms with Crippen molar-refractivity contribution in [2.75, 3.05) is 0 Å². The molecule has 2 aromatic rings. The summed E-state index contributed by atoms with van der Waals surface area (Å²) in [6.07, 6.45) is -0.280. The van der Waals surface area contributed by atoms with E-state index in [1.54, 1.807) is 6.92 Å². The van der Waals surface area contributed by atoms with Crippen LogP contribution in [0.1, 0.15) is 91.7 Å². The molecule has 2 N–H and O–H groups in total. The summed E-state index contributed by atoms with van der Waals surface area (Å²) in [6.45, 7) is 3.51. The fourth-order valence-corrected chi connectivity index (χ4v) is 7.79. The van der Waals surface area contributed by atoms with E-state index in [2.05, 4.69) is 0 Å². The minimum atomic E-state index is -4.56. The molecule has 0 aliphatic heterocycles. The van der Waals surface area contributed by atoms with E-state index in [0.29, 0.717) is 49.9 Å². The molecular weight excluding hydrogens is 585 g/mol. The lowest BCUT2D eigenvalue weighted by atomic mass is 9.66. The third-order valence-electron chi connectivity index (χ3n) is 10.1. The first-order valence-electron chi connectivity index (χ1n) is 14.8. The predicted molar refractivity (Wildman–Crippen MR) is 152 cm³/mol. The number of Topliss-reactive ketones (excluding diaryl/α,β-unsaturated/α-hetero) is 1. The summed E-state index contributed by atoms with van der Waals surface area (Å²) >= 11 is 6.46. The Bertz CT molecular complexity index is 1550. The number of carbonyl (C=O) groups is 3. The van der Waals surface area contributed by atoms with E-state index in [-0.39, 0.29) is 53.0 Å². The number of nitrogens with zero attached hydrogens (tertiary/aromatic N) is 2. The topological polar surface area (TPSA) is 109 Å². The van der Waals surface area contributed by atoms with Crippen molar-refractivity contribution < 1.29 is 37.8 Å². The molecule has 1 heterocycles. The number of allylic oxidation sites excluding steroid dienone is 2. The van der Waals surface area contributed by atoms with Gasteiger partial charge in [-0.3, -0.25) is 14.4 Å². The Labute approximate surface area is 252 Å². The van der Waals surface area contributed by atoms with Crippen LogP contribution in [0.5, 0.6) is 0 Å². The number of carboxylic acid groups (broad SMARTS) is 1. The number of fused-ring (bicyclic) bond motifs is 1. The van der Waals surface area contributed by atoms with Gasteiger partial charge in [0.15, 0.2) is 0 Å². The van der Waals surface area contributed by atoms with Crippen LogP contribution in [0.15, 0.2) is 24.3 Å². The summed E-state index contributed by atoms with van der Waals surface area (Å²) in [6, 6.07) is 4.12. The molecule has 3 atom stereocenters. The Hall–Kier alpha value is -2.98. The predicted octanol–water partition coefficient (Wildman–Crippen LogP) is 6.17. The Balaban J connectivity index is 1.43. The van der Waals surface area contributed by atoms with Crippen molar-refractivity contribution in [1.29, 1.82) is 0 Å². The lowest BCUT2D eigenvalue weighted by Crippen LogP contribution is -2.46. The molecule has 11 heteroatoms. The van der Waals surface area contributed by atoms with Crippen molar-refractivity contribution in [1.82, 2.24) is 9.78 Å². The maximum atomic E-state index is 14.3. The molecule has 2 fully saturated rings. The molecule has 0 radical (unpaired) electrons. The van der Waals surface area contributed by atoms with Gasteiger partial charge in [-0.2, -0.15) is 23.0 Å². The highest BCUT2D eigenvalue weighted by Crippen LogP contribution is 2.60. The first kappa shape index (κ1) is 30.1. The van der Waals surface area contributed by atoms with Crippen LogP contribution in [0.3, 0.4) is 0 Å². The maximum absolute atomic E-state index is 14.3. The molecule has 4 aliphatic rings. The monoisotopic (exact) mass is 618 g/mol. The SMILES string of the molecule is C[C@H]1C=C(c2nn(C(=O)c3c(Cl)cccc3C3(C(F)(F)F)CC3)c3c2CCC(C(=O)C2CC(C)(O)C2)C3)CC[C@H]1C(=O)O. The number of halogens is 4. The summed E-state index contributed by atoms with van der Waals surface area (Å²) in [5.41, 5.74) is -0.868. The van der Waals surface area contributed by atoms with Gasteiger partial charge in [-0.15, -0.1) is 0 Å². The fraction of sp³-hybridized carbons (Fsp3) is 0.562. The molecule has 230 valence electrons. The first-order valence-corrected chi connectivity index (χ1v) is 15.2. The van der Waals surface area contributed by atoms with E-state index in [1.807, 2.05) is 13.0 Å². The average molecular weight is 619 g/mol. The standard InChI is InChI=1S/C32H34ClF3N2O5/c1-16-12-17(6-8-20(16)29(41)42)26-21-9-7-18(27(39)19-14-30(2,43)15-19)13-24(21)38(37-26)28(40)25-22(4-3-5-23(25)33)31(10-11-31)32(34,35)36/h3-5,12,16,18-20,43H,6-11,13-15H2,1-2H3,(H,41,42)/t16-,18?,19?,20+,30?/m0/s1. The van der Waals surface area contributed by atoms with Crippen LogP contribution in [0, 0.1) is 23.7 Å². The van der Waals surface area contributed by atoms with Gasteiger partial charge in [0, 0.05) is 17.4 Å². The van der Waals surface area contributed by atoms with E-state index < -0.39 is 40.9 Å². The number of rotatable bonds is 6. The number of benzene rings is 1. The zero-order chi connectivity index (χ0) is 31.1. The third kappa shape index (κ3) is 5.04. The van der Waals surface area contributed by atoms with Crippen molar-refractivity contribution in [2.45, 2.75) is 88.8 Å². The molecule has 2 saturated carbocycles. The Kier molecular flexibility index (Phi) is 7.20. The van der Waals surface area contributed by atoms with Crippen LogP contribution in [-0.4, -0.2) is 49.4 Å². The number of aromatic nitrogens is 2. The van der Waals surface area contributed by atoms with Gasteiger partial charge in [0.05, 0.1) is 38.9 Å². The molecule has 6 rings (SSSR count). The second kappa shape index (κ2) is 10.3. The first-order chi connectivity index (χ1) is 20.1. The second-order valence-corrected chi connectivity index (χ2v) is 13.6. The van der Waals surface area contributed by atoms with Crippen molar-refractivity contribution in [3.8, 4) is 0 Å². The van der Waals surface area contributed by atoms with Crippen LogP contribution in [-0.2, 0) is 27.8 Å².